The molecule has 4 nitrogen and oxygen atoms in total. The Hall–Kier alpha value is -1.88. The second-order valence-corrected chi connectivity index (χ2v) is 5.15. The number of benzene rings is 2. The van der Waals surface area contributed by atoms with Gasteiger partial charge in [0.25, 0.3) is 5.69 Å². The number of anilines is 1. The minimum Gasteiger partial charge on any atom is -0.381 e. The Morgan fingerprint density at radius 1 is 1.21 bits per heavy atom. The van der Waals surface area contributed by atoms with Crippen molar-refractivity contribution in [1.82, 2.24) is 0 Å². The zero-order chi connectivity index (χ0) is 13.8. The molecule has 0 aromatic heterocycles. The summed E-state index contributed by atoms with van der Waals surface area (Å²) >= 11 is 3.39. The van der Waals surface area contributed by atoms with Crippen molar-refractivity contribution in [2.75, 3.05) is 5.32 Å². The minimum atomic E-state index is -0.383. The van der Waals surface area contributed by atoms with E-state index in [1.165, 1.54) is 6.07 Å². The Labute approximate surface area is 119 Å². The van der Waals surface area contributed by atoms with Crippen molar-refractivity contribution >= 4 is 27.3 Å². The second-order valence-electron chi connectivity index (χ2n) is 4.24. The lowest BCUT2D eigenvalue weighted by molar-refractivity contribution is -0.384. The van der Waals surface area contributed by atoms with Gasteiger partial charge in [-0.05, 0) is 36.2 Å². The van der Waals surface area contributed by atoms with Crippen molar-refractivity contribution in [3.63, 3.8) is 0 Å². The van der Waals surface area contributed by atoms with Gasteiger partial charge in [0.1, 0.15) is 0 Å². The van der Waals surface area contributed by atoms with Crippen LogP contribution < -0.4 is 5.32 Å². The van der Waals surface area contributed by atoms with E-state index in [1.807, 2.05) is 31.2 Å². The lowest BCUT2D eigenvalue weighted by Crippen LogP contribution is -2.01. The summed E-state index contributed by atoms with van der Waals surface area (Å²) in [5, 5.41) is 13.9. The number of non-ortho nitro benzene ring substituents is 1. The molecule has 2 aromatic rings. The summed E-state index contributed by atoms with van der Waals surface area (Å²) in [6.45, 7) is 2.54. The first kappa shape index (κ1) is 13.5. The van der Waals surface area contributed by atoms with E-state index in [0.717, 1.165) is 21.3 Å². The number of halogens is 1. The van der Waals surface area contributed by atoms with Crippen LogP contribution in [0.4, 0.5) is 11.4 Å². The van der Waals surface area contributed by atoms with Gasteiger partial charge in [0.15, 0.2) is 0 Å². The average molecular weight is 321 g/mol. The molecule has 0 aliphatic heterocycles. The monoisotopic (exact) mass is 320 g/mol. The maximum atomic E-state index is 10.7. The molecule has 0 bridgehead atoms. The largest absolute Gasteiger partial charge is 0.381 e. The van der Waals surface area contributed by atoms with Crippen LogP contribution in [0.15, 0.2) is 46.9 Å². The Kier molecular flexibility index (Phi) is 4.16. The lowest BCUT2D eigenvalue weighted by atomic mass is 10.1. The quantitative estimate of drug-likeness (QED) is 0.675. The van der Waals surface area contributed by atoms with Gasteiger partial charge < -0.3 is 5.32 Å². The van der Waals surface area contributed by atoms with Crippen molar-refractivity contribution in [3.05, 3.63) is 68.2 Å². The maximum absolute atomic E-state index is 10.7. The molecule has 2 aromatic carbocycles. The summed E-state index contributed by atoms with van der Waals surface area (Å²) in [6, 6.07) is 12.8. The van der Waals surface area contributed by atoms with Gasteiger partial charge in [0.2, 0.25) is 0 Å². The van der Waals surface area contributed by atoms with Crippen LogP contribution in [-0.4, -0.2) is 4.92 Å². The van der Waals surface area contributed by atoms with Crippen LogP contribution in [0.1, 0.15) is 11.1 Å². The Bertz CT molecular complexity index is 597. The number of nitrogens with zero attached hydrogens (tertiary/aromatic N) is 1. The fourth-order valence-corrected chi connectivity index (χ4v) is 2.02. The van der Waals surface area contributed by atoms with E-state index in [0.29, 0.717) is 6.54 Å². The van der Waals surface area contributed by atoms with E-state index in [1.54, 1.807) is 12.1 Å². The number of nitro groups is 1. The minimum absolute atomic E-state index is 0.117. The summed E-state index contributed by atoms with van der Waals surface area (Å²) < 4.78 is 1.04. The SMILES string of the molecule is Cc1cc([N+](=O)[O-])ccc1NCc1ccc(Br)cc1. The Morgan fingerprint density at radius 3 is 2.47 bits per heavy atom. The van der Waals surface area contributed by atoms with Crippen LogP contribution in [0.5, 0.6) is 0 Å². The summed E-state index contributed by atoms with van der Waals surface area (Å²) in [7, 11) is 0. The van der Waals surface area contributed by atoms with E-state index in [-0.39, 0.29) is 10.6 Å². The summed E-state index contributed by atoms with van der Waals surface area (Å²) in [5.74, 6) is 0. The molecule has 0 heterocycles. The Morgan fingerprint density at radius 2 is 1.89 bits per heavy atom. The van der Waals surface area contributed by atoms with E-state index < -0.39 is 0 Å². The van der Waals surface area contributed by atoms with Crippen LogP contribution in [0.3, 0.4) is 0 Å². The first-order chi connectivity index (χ1) is 9.06. The molecular weight excluding hydrogens is 308 g/mol. The van der Waals surface area contributed by atoms with Crippen LogP contribution in [-0.2, 0) is 6.54 Å². The van der Waals surface area contributed by atoms with Crippen LogP contribution >= 0.6 is 15.9 Å². The van der Waals surface area contributed by atoms with Crippen molar-refractivity contribution in [2.24, 2.45) is 0 Å². The summed E-state index contributed by atoms with van der Waals surface area (Å²) in [4.78, 5) is 10.3. The lowest BCUT2D eigenvalue weighted by Gasteiger charge is -2.09. The maximum Gasteiger partial charge on any atom is 0.269 e. The molecule has 0 aliphatic rings. The molecule has 5 heteroatoms. The highest BCUT2D eigenvalue weighted by atomic mass is 79.9. The van der Waals surface area contributed by atoms with Crippen molar-refractivity contribution < 1.29 is 4.92 Å². The van der Waals surface area contributed by atoms with Gasteiger partial charge in [-0.15, -0.1) is 0 Å². The first-order valence-corrected chi connectivity index (χ1v) is 6.59. The molecule has 0 fully saturated rings. The molecule has 0 aliphatic carbocycles. The van der Waals surface area contributed by atoms with E-state index >= 15 is 0 Å². The topological polar surface area (TPSA) is 55.2 Å². The number of rotatable bonds is 4. The van der Waals surface area contributed by atoms with Crippen molar-refractivity contribution in [1.29, 1.82) is 0 Å². The fraction of sp³-hybridized carbons (Fsp3) is 0.143. The predicted octanol–water partition coefficient (Wildman–Crippen LogP) is 4.28. The van der Waals surface area contributed by atoms with Crippen molar-refractivity contribution in [2.45, 2.75) is 13.5 Å². The number of nitro benzene ring substituents is 1. The average Bonchev–Trinajstić information content (AvgIpc) is 2.39. The molecule has 98 valence electrons. The second kappa shape index (κ2) is 5.84. The number of aryl methyl sites for hydroxylation is 1. The predicted molar refractivity (Wildman–Crippen MR) is 79.3 cm³/mol. The number of nitrogens with one attached hydrogen (secondary N) is 1. The Balaban J connectivity index is 2.07. The molecule has 0 amide bonds. The van der Waals surface area contributed by atoms with Crippen LogP contribution in [0, 0.1) is 17.0 Å². The fourth-order valence-electron chi connectivity index (χ4n) is 1.76. The molecule has 0 saturated heterocycles. The molecule has 0 radical (unpaired) electrons. The van der Waals surface area contributed by atoms with Gasteiger partial charge in [-0.1, -0.05) is 28.1 Å². The third kappa shape index (κ3) is 3.54. The highest BCUT2D eigenvalue weighted by Crippen LogP contribution is 2.22. The summed E-state index contributed by atoms with van der Waals surface area (Å²) in [6.07, 6.45) is 0. The normalized spacial score (nSPS) is 10.2. The van der Waals surface area contributed by atoms with Gasteiger partial charge in [-0.2, -0.15) is 0 Å². The van der Waals surface area contributed by atoms with E-state index in [9.17, 15) is 10.1 Å². The third-order valence-corrected chi connectivity index (χ3v) is 3.35. The first-order valence-electron chi connectivity index (χ1n) is 5.79. The van der Waals surface area contributed by atoms with Gasteiger partial charge in [-0.25, -0.2) is 0 Å². The number of hydrogen-bond acceptors (Lipinski definition) is 3. The van der Waals surface area contributed by atoms with Gasteiger partial charge in [0, 0.05) is 28.8 Å². The van der Waals surface area contributed by atoms with E-state index in [4.69, 9.17) is 0 Å². The molecule has 0 unspecified atom stereocenters. The highest BCUT2D eigenvalue weighted by Gasteiger charge is 2.07. The molecule has 2 rings (SSSR count). The highest BCUT2D eigenvalue weighted by molar-refractivity contribution is 9.10. The molecule has 1 N–H and O–H groups in total. The molecular formula is C14H13BrN2O2. The molecule has 0 spiro atoms. The van der Waals surface area contributed by atoms with Crippen LogP contribution in [0.25, 0.3) is 0 Å². The van der Waals surface area contributed by atoms with Gasteiger partial charge >= 0.3 is 0 Å². The van der Waals surface area contributed by atoms with Gasteiger partial charge in [0.05, 0.1) is 4.92 Å². The smallest absolute Gasteiger partial charge is 0.269 e. The zero-order valence-corrected chi connectivity index (χ0v) is 12.0. The third-order valence-electron chi connectivity index (χ3n) is 2.82. The van der Waals surface area contributed by atoms with Crippen LogP contribution in [0.2, 0.25) is 0 Å². The molecule has 0 atom stereocenters. The standard InChI is InChI=1S/C14H13BrN2O2/c1-10-8-13(17(18)19)6-7-14(10)16-9-11-2-4-12(15)5-3-11/h2-8,16H,9H2,1H3. The van der Waals surface area contributed by atoms with E-state index in [2.05, 4.69) is 21.2 Å². The molecule has 19 heavy (non-hydrogen) atoms. The number of hydrogen-bond donors (Lipinski definition) is 1. The van der Waals surface area contributed by atoms with Crippen molar-refractivity contribution in [3.8, 4) is 0 Å². The summed E-state index contributed by atoms with van der Waals surface area (Å²) in [5.41, 5.74) is 3.05. The molecule has 0 saturated carbocycles. The van der Waals surface area contributed by atoms with Gasteiger partial charge in [-0.3, -0.25) is 10.1 Å². The zero-order valence-electron chi connectivity index (χ0n) is 10.4.